The van der Waals surface area contributed by atoms with Crippen molar-refractivity contribution in [2.75, 3.05) is 0 Å². The zero-order valence-electron chi connectivity index (χ0n) is 15.8. The second-order valence-electron chi connectivity index (χ2n) is 7.06. The normalized spacial score (nSPS) is 14.4. The molecule has 0 spiro atoms. The molecule has 0 saturated carbocycles. The van der Waals surface area contributed by atoms with Crippen LogP contribution in [0.3, 0.4) is 0 Å². The minimum absolute atomic E-state index is 0.847. The topological polar surface area (TPSA) is 12.4 Å². The first-order chi connectivity index (χ1) is 13.2. The van der Waals surface area contributed by atoms with Crippen LogP contribution in [0.25, 0.3) is 11.3 Å². The second-order valence-corrected chi connectivity index (χ2v) is 7.06. The summed E-state index contributed by atoms with van der Waals surface area (Å²) in [5, 5.41) is 0. The molecule has 0 saturated heterocycles. The average molecular weight is 349 g/mol. The Labute approximate surface area is 161 Å². The number of nitrogens with zero attached hydrogens (tertiary/aromatic N) is 1. The summed E-state index contributed by atoms with van der Waals surface area (Å²) in [4.78, 5) is 5.10. The van der Waals surface area contributed by atoms with Crippen molar-refractivity contribution >= 4 is 17.0 Å². The first-order valence-electron chi connectivity index (χ1n) is 9.37. The maximum atomic E-state index is 5.10. The van der Waals surface area contributed by atoms with Crippen LogP contribution >= 0.6 is 0 Å². The van der Waals surface area contributed by atoms with E-state index in [0.29, 0.717) is 0 Å². The van der Waals surface area contributed by atoms with Gasteiger partial charge in [-0.25, -0.2) is 0 Å². The lowest BCUT2D eigenvalue weighted by atomic mass is 9.94. The van der Waals surface area contributed by atoms with Gasteiger partial charge in [0.05, 0.1) is 11.4 Å². The summed E-state index contributed by atoms with van der Waals surface area (Å²) < 4.78 is 0. The van der Waals surface area contributed by atoms with Crippen molar-refractivity contribution in [2.45, 2.75) is 20.3 Å². The fraction of sp³-hybridized carbons (Fsp3) is 0.115. The molecule has 0 bridgehead atoms. The fourth-order valence-corrected chi connectivity index (χ4v) is 3.52. The molecule has 1 heterocycles. The Morgan fingerprint density at radius 1 is 0.667 bits per heavy atom. The summed E-state index contributed by atoms with van der Waals surface area (Å²) in [6.45, 7) is 4.37. The molecule has 1 aliphatic rings. The minimum Gasteiger partial charge on any atom is -0.252 e. The molecule has 3 aromatic carbocycles. The van der Waals surface area contributed by atoms with Crippen LogP contribution in [0.4, 0.5) is 0 Å². The van der Waals surface area contributed by atoms with Gasteiger partial charge in [-0.3, -0.25) is 4.99 Å². The zero-order chi connectivity index (χ0) is 18.6. The van der Waals surface area contributed by atoms with Crippen molar-refractivity contribution in [3.8, 4) is 0 Å². The fourth-order valence-electron chi connectivity index (χ4n) is 3.52. The number of benzene rings is 3. The van der Waals surface area contributed by atoms with Crippen molar-refractivity contribution < 1.29 is 0 Å². The van der Waals surface area contributed by atoms with E-state index < -0.39 is 0 Å². The SMILES string of the molecule is CC1=C(c2cccc(C)c2)C=C(c2ccccc2)N=C(c2ccccc2)C1. The Bertz CT molecular complexity index is 1040. The van der Waals surface area contributed by atoms with Gasteiger partial charge in [0.25, 0.3) is 0 Å². The van der Waals surface area contributed by atoms with Gasteiger partial charge in [0.15, 0.2) is 0 Å². The van der Waals surface area contributed by atoms with Crippen LogP contribution in [0.1, 0.15) is 35.6 Å². The standard InChI is InChI=1S/C26H23N/c1-19-10-9-15-23(16-19)24-18-26(22-13-7-4-8-14-22)27-25(17-20(24)2)21-11-5-3-6-12-21/h3-16,18H,17H2,1-2H3. The van der Waals surface area contributed by atoms with Crippen molar-refractivity contribution in [1.82, 2.24) is 0 Å². The Morgan fingerprint density at radius 2 is 1.30 bits per heavy atom. The molecule has 0 N–H and O–H groups in total. The smallest absolute Gasteiger partial charge is 0.0711 e. The summed E-state index contributed by atoms with van der Waals surface area (Å²) >= 11 is 0. The van der Waals surface area contributed by atoms with E-state index in [1.807, 2.05) is 6.07 Å². The number of rotatable bonds is 3. The lowest BCUT2D eigenvalue weighted by Crippen LogP contribution is -2.01. The minimum atomic E-state index is 0.847. The van der Waals surface area contributed by atoms with Gasteiger partial charge in [-0.2, -0.15) is 0 Å². The van der Waals surface area contributed by atoms with Gasteiger partial charge in [0, 0.05) is 12.0 Å². The van der Waals surface area contributed by atoms with E-state index >= 15 is 0 Å². The maximum absolute atomic E-state index is 5.10. The Balaban J connectivity index is 1.89. The zero-order valence-corrected chi connectivity index (χ0v) is 15.8. The second kappa shape index (κ2) is 7.59. The van der Waals surface area contributed by atoms with Crippen molar-refractivity contribution in [2.24, 2.45) is 4.99 Å². The summed E-state index contributed by atoms with van der Waals surface area (Å²) in [5.41, 5.74) is 9.60. The van der Waals surface area contributed by atoms with Gasteiger partial charge >= 0.3 is 0 Å². The van der Waals surface area contributed by atoms with Crippen LogP contribution in [0, 0.1) is 6.92 Å². The molecule has 0 amide bonds. The van der Waals surface area contributed by atoms with E-state index in [0.717, 1.165) is 23.4 Å². The molecule has 1 aliphatic heterocycles. The monoisotopic (exact) mass is 349 g/mol. The van der Waals surface area contributed by atoms with E-state index in [4.69, 9.17) is 4.99 Å². The van der Waals surface area contributed by atoms with E-state index in [1.54, 1.807) is 0 Å². The van der Waals surface area contributed by atoms with Crippen LogP contribution in [0.15, 0.2) is 102 Å². The molecule has 0 aromatic heterocycles. The van der Waals surface area contributed by atoms with Crippen molar-refractivity contribution in [1.29, 1.82) is 0 Å². The van der Waals surface area contributed by atoms with Crippen LogP contribution in [0.2, 0.25) is 0 Å². The van der Waals surface area contributed by atoms with Gasteiger partial charge in [0.1, 0.15) is 0 Å². The predicted molar refractivity (Wildman–Crippen MR) is 116 cm³/mol. The van der Waals surface area contributed by atoms with E-state index in [-0.39, 0.29) is 0 Å². The van der Waals surface area contributed by atoms with E-state index in [9.17, 15) is 0 Å². The molecule has 0 unspecified atom stereocenters. The van der Waals surface area contributed by atoms with Gasteiger partial charge < -0.3 is 0 Å². The third-order valence-corrected chi connectivity index (χ3v) is 4.93. The molecular weight excluding hydrogens is 326 g/mol. The third-order valence-electron chi connectivity index (χ3n) is 4.93. The van der Waals surface area contributed by atoms with Crippen LogP contribution in [-0.2, 0) is 0 Å². The van der Waals surface area contributed by atoms with E-state index in [1.165, 1.54) is 27.8 Å². The summed E-state index contributed by atoms with van der Waals surface area (Å²) in [6.07, 6.45) is 3.09. The van der Waals surface area contributed by atoms with Gasteiger partial charge in [-0.1, -0.05) is 96.1 Å². The number of allylic oxidation sites excluding steroid dienone is 3. The lowest BCUT2D eigenvalue weighted by Gasteiger charge is -2.09. The van der Waals surface area contributed by atoms with Gasteiger partial charge in [-0.15, -0.1) is 0 Å². The first kappa shape index (κ1) is 17.2. The summed E-state index contributed by atoms with van der Waals surface area (Å²) in [7, 11) is 0. The highest BCUT2D eigenvalue weighted by molar-refractivity contribution is 6.07. The Morgan fingerprint density at radius 3 is 1.96 bits per heavy atom. The molecule has 4 rings (SSSR count). The van der Waals surface area contributed by atoms with Crippen LogP contribution in [-0.4, -0.2) is 5.71 Å². The van der Waals surface area contributed by atoms with E-state index in [2.05, 4.69) is 98.8 Å². The van der Waals surface area contributed by atoms with Crippen molar-refractivity contribution in [3.05, 3.63) is 119 Å². The molecular formula is C26H23N. The first-order valence-corrected chi connectivity index (χ1v) is 9.37. The van der Waals surface area contributed by atoms with Crippen LogP contribution in [0.5, 0.6) is 0 Å². The molecule has 0 aliphatic carbocycles. The quantitative estimate of drug-likeness (QED) is 0.499. The van der Waals surface area contributed by atoms with Gasteiger partial charge in [0.2, 0.25) is 0 Å². The summed E-state index contributed by atoms with van der Waals surface area (Å²) in [6, 6.07) is 29.7. The Kier molecular flexibility index (Phi) is 4.84. The maximum Gasteiger partial charge on any atom is 0.0711 e. The molecule has 1 nitrogen and oxygen atoms in total. The van der Waals surface area contributed by atoms with Gasteiger partial charge in [-0.05, 0) is 36.6 Å². The largest absolute Gasteiger partial charge is 0.252 e. The molecule has 1 heteroatoms. The average Bonchev–Trinajstić information content (AvgIpc) is 2.88. The highest BCUT2D eigenvalue weighted by atomic mass is 14.8. The predicted octanol–water partition coefficient (Wildman–Crippen LogP) is 6.70. The molecule has 0 radical (unpaired) electrons. The van der Waals surface area contributed by atoms with Crippen LogP contribution < -0.4 is 0 Å². The molecule has 132 valence electrons. The number of hydrogen-bond donors (Lipinski definition) is 0. The molecule has 0 fully saturated rings. The number of aryl methyl sites for hydroxylation is 1. The molecule has 0 atom stereocenters. The number of aliphatic imine (C=N–C) groups is 1. The van der Waals surface area contributed by atoms with Crippen molar-refractivity contribution in [3.63, 3.8) is 0 Å². The summed E-state index contributed by atoms with van der Waals surface area (Å²) in [5.74, 6) is 0. The highest BCUT2D eigenvalue weighted by Crippen LogP contribution is 2.32. The third kappa shape index (κ3) is 3.83. The molecule has 27 heavy (non-hydrogen) atoms. The Hall–Kier alpha value is -3.19. The molecule has 3 aromatic rings. The highest BCUT2D eigenvalue weighted by Gasteiger charge is 2.15. The lowest BCUT2D eigenvalue weighted by molar-refractivity contribution is 1.26. The number of hydrogen-bond acceptors (Lipinski definition) is 1.